The Hall–Kier alpha value is -2.41. The fraction of sp³-hybridized carbons (Fsp3) is 0.214. The van der Waals surface area contributed by atoms with Gasteiger partial charge in [-0.25, -0.2) is 0 Å². The van der Waals surface area contributed by atoms with Crippen LogP contribution in [0, 0.1) is 11.3 Å². The fourth-order valence-corrected chi connectivity index (χ4v) is 1.80. The van der Waals surface area contributed by atoms with E-state index in [1.54, 1.807) is 24.3 Å². The molecule has 1 amide bonds. The van der Waals surface area contributed by atoms with Crippen molar-refractivity contribution in [2.24, 2.45) is 0 Å². The van der Waals surface area contributed by atoms with Crippen molar-refractivity contribution in [1.29, 1.82) is 5.26 Å². The van der Waals surface area contributed by atoms with E-state index in [0.29, 0.717) is 29.7 Å². The van der Waals surface area contributed by atoms with E-state index in [-0.39, 0.29) is 11.7 Å². The van der Waals surface area contributed by atoms with Crippen molar-refractivity contribution >= 4 is 11.7 Å². The minimum Gasteiger partial charge on any atom is -0.326 e. The van der Waals surface area contributed by atoms with Crippen molar-refractivity contribution in [3.8, 4) is 6.07 Å². The maximum Gasteiger partial charge on any atom is 0.255 e. The van der Waals surface area contributed by atoms with E-state index in [1.165, 1.54) is 6.08 Å². The highest BCUT2D eigenvalue weighted by molar-refractivity contribution is 5.97. The molecule has 0 spiro atoms. The molecule has 0 aliphatic heterocycles. The average molecular weight is 240 g/mol. The van der Waals surface area contributed by atoms with E-state index in [1.807, 2.05) is 6.07 Å². The van der Waals surface area contributed by atoms with Crippen LogP contribution in [0.1, 0.15) is 35.2 Å². The summed E-state index contributed by atoms with van der Waals surface area (Å²) in [5.74, 6) is -0.197. The molecule has 2 rings (SSSR count). The van der Waals surface area contributed by atoms with Crippen LogP contribution in [0.4, 0.5) is 0 Å². The molecule has 0 aromatic heterocycles. The number of allylic oxidation sites excluding steroid dienone is 2. The first-order valence-corrected chi connectivity index (χ1v) is 5.74. The van der Waals surface area contributed by atoms with Crippen LogP contribution in [0.2, 0.25) is 0 Å². The van der Waals surface area contributed by atoms with Crippen molar-refractivity contribution in [3.63, 3.8) is 0 Å². The van der Waals surface area contributed by atoms with Crippen LogP contribution in [0.15, 0.2) is 36.0 Å². The second-order valence-corrected chi connectivity index (χ2v) is 4.13. The lowest BCUT2D eigenvalue weighted by Gasteiger charge is -2.13. The van der Waals surface area contributed by atoms with Gasteiger partial charge in [-0.05, 0) is 37.1 Å². The molecule has 18 heavy (non-hydrogen) atoms. The number of carbonyl (C=O) groups excluding carboxylic acids is 2. The van der Waals surface area contributed by atoms with E-state index in [4.69, 9.17) is 5.26 Å². The summed E-state index contributed by atoms with van der Waals surface area (Å²) in [6, 6.07) is 8.37. The van der Waals surface area contributed by atoms with Gasteiger partial charge in [0.05, 0.1) is 11.6 Å². The van der Waals surface area contributed by atoms with Crippen LogP contribution < -0.4 is 5.32 Å². The zero-order chi connectivity index (χ0) is 13.0. The van der Waals surface area contributed by atoms with Gasteiger partial charge < -0.3 is 5.32 Å². The minimum absolute atomic E-state index is 0.0522. The fourth-order valence-electron chi connectivity index (χ4n) is 1.80. The third-order valence-electron chi connectivity index (χ3n) is 2.75. The van der Waals surface area contributed by atoms with Crippen LogP contribution in [0.5, 0.6) is 0 Å². The molecular formula is C14H12N2O2. The highest BCUT2D eigenvalue weighted by Crippen LogP contribution is 2.13. The summed E-state index contributed by atoms with van der Waals surface area (Å²) in [6.45, 7) is 0. The molecule has 0 bridgehead atoms. The van der Waals surface area contributed by atoms with Gasteiger partial charge in [-0.3, -0.25) is 9.59 Å². The third kappa shape index (κ3) is 2.83. The molecule has 1 aliphatic carbocycles. The summed E-state index contributed by atoms with van der Waals surface area (Å²) < 4.78 is 0. The first-order valence-electron chi connectivity index (χ1n) is 5.74. The number of hydrogen-bond acceptors (Lipinski definition) is 3. The Bertz CT molecular complexity index is 550. The molecular weight excluding hydrogens is 228 g/mol. The Morgan fingerprint density at radius 3 is 2.56 bits per heavy atom. The normalized spacial score (nSPS) is 14.6. The first kappa shape index (κ1) is 12.1. The van der Waals surface area contributed by atoms with Gasteiger partial charge in [0.15, 0.2) is 5.78 Å². The largest absolute Gasteiger partial charge is 0.326 e. The topological polar surface area (TPSA) is 70.0 Å². The van der Waals surface area contributed by atoms with Gasteiger partial charge in [-0.1, -0.05) is 0 Å². The van der Waals surface area contributed by atoms with Crippen molar-refractivity contribution in [3.05, 3.63) is 47.2 Å². The Labute approximate surface area is 105 Å². The molecule has 0 unspecified atom stereocenters. The number of nitriles is 1. The Morgan fingerprint density at radius 2 is 1.94 bits per heavy atom. The zero-order valence-corrected chi connectivity index (χ0v) is 9.77. The predicted molar refractivity (Wildman–Crippen MR) is 65.6 cm³/mol. The maximum absolute atomic E-state index is 11.9. The second kappa shape index (κ2) is 5.28. The summed E-state index contributed by atoms with van der Waals surface area (Å²) >= 11 is 0. The molecule has 0 saturated heterocycles. The molecule has 1 aromatic rings. The monoisotopic (exact) mass is 240 g/mol. The van der Waals surface area contributed by atoms with Gasteiger partial charge >= 0.3 is 0 Å². The molecule has 0 heterocycles. The van der Waals surface area contributed by atoms with Gasteiger partial charge in [0.2, 0.25) is 0 Å². The molecule has 0 fully saturated rings. The number of amides is 1. The van der Waals surface area contributed by atoms with E-state index in [9.17, 15) is 9.59 Å². The van der Waals surface area contributed by atoms with Crippen molar-refractivity contribution in [2.75, 3.05) is 0 Å². The molecule has 4 nitrogen and oxygen atoms in total. The van der Waals surface area contributed by atoms with Crippen molar-refractivity contribution in [2.45, 2.75) is 19.3 Å². The summed E-state index contributed by atoms with van der Waals surface area (Å²) in [6.07, 6.45) is 3.54. The number of nitrogens with one attached hydrogen (secondary N) is 1. The number of ketones is 1. The molecule has 90 valence electrons. The Morgan fingerprint density at radius 1 is 1.22 bits per heavy atom. The van der Waals surface area contributed by atoms with E-state index >= 15 is 0 Å². The van der Waals surface area contributed by atoms with Crippen LogP contribution in [-0.2, 0) is 4.79 Å². The number of rotatable bonds is 2. The minimum atomic E-state index is -0.250. The van der Waals surface area contributed by atoms with Crippen LogP contribution in [0.3, 0.4) is 0 Å². The molecule has 1 N–H and O–H groups in total. The zero-order valence-electron chi connectivity index (χ0n) is 9.77. The van der Waals surface area contributed by atoms with Crippen LogP contribution in [-0.4, -0.2) is 11.7 Å². The van der Waals surface area contributed by atoms with Crippen molar-refractivity contribution in [1.82, 2.24) is 5.32 Å². The third-order valence-corrected chi connectivity index (χ3v) is 2.75. The molecule has 4 heteroatoms. The summed E-state index contributed by atoms with van der Waals surface area (Å²) in [5, 5.41) is 11.4. The van der Waals surface area contributed by atoms with Gasteiger partial charge in [-0.2, -0.15) is 5.26 Å². The molecule has 0 radical (unpaired) electrons. The lowest BCUT2D eigenvalue weighted by Crippen LogP contribution is -2.25. The number of nitrogens with zero attached hydrogens (tertiary/aromatic N) is 1. The number of hydrogen-bond donors (Lipinski definition) is 1. The second-order valence-electron chi connectivity index (χ2n) is 4.13. The molecule has 1 aromatic carbocycles. The highest BCUT2D eigenvalue weighted by atomic mass is 16.1. The van der Waals surface area contributed by atoms with E-state index in [2.05, 4.69) is 5.32 Å². The Kier molecular flexibility index (Phi) is 3.54. The standard InChI is InChI=1S/C14H12N2O2/c15-9-10-4-6-11(7-5-10)14(18)16-12-2-1-3-13(17)8-12/h4-8H,1-3H2,(H,16,18). The lowest BCUT2D eigenvalue weighted by molar-refractivity contribution is -0.115. The predicted octanol–water partition coefficient (Wildman–Crippen LogP) is 1.92. The number of carbonyl (C=O) groups is 2. The molecule has 1 aliphatic rings. The smallest absolute Gasteiger partial charge is 0.255 e. The van der Waals surface area contributed by atoms with Crippen molar-refractivity contribution < 1.29 is 9.59 Å². The first-order chi connectivity index (χ1) is 8.69. The summed E-state index contributed by atoms with van der Waals surface area (Å²) in [7, 11) is 0. The number of benzene rings is 1. The van der Waals surface area contributed by atoms with E-state index < -0.39 is 0 Å². The highest BCUT2D eigenvalue weighted by Gasteiger charge is 2.13. The molecule has 0 saturated carbocycles. The van der Waals surface area contributed by atoms with Gasteiger partial charge in [0.25, 0.3) is 5.91 Å². The van der Waals surface area contributed by atoms with Gasteiger partial charge in [-0.15, -0.1) is 0 Å². The van der Waals surface area contributed by atoms with Crippen LogP contribution in [0.25, 0.3) is 0 Å². The summed E-state index contributed by atoms with van der Waals surface area (Å²) in [5.41, 5.74) is 1.66. The van der Waals surface area contributed by atoms with E-state index in [0.717, 1.165) is 6.42 Å². The maximum atomic E-state index is 11.9. The quantitative estimate of drug-likeness (QED) is 0.858. The Balaban J connectivity index is 2.07. The van der Waals surface area contributed by atoms with Crippen LogP contribution >= 0.6 is 0 Å². The van der Waals surface area contributed by atoms with Gasteiger partial charge in [0.1, 0.15) is 0 Å². The van der Waals surface area contributed by atoms with Gasteiger partial charge in [0, 0.05) is 23.8 Å². The molecule has 0 atom stereocenters. The average Bonchev–Trinajstić information content (AvgIpc) is 2.39. The SMILES string of the molecule is N#Cc1ccc(C(=O)NC2=CC(=O)CCC2)cc1. The lowest BCUT2D eigenvalue weighted by atomic mass is 10.0. The summed E-state index contributed by atoms with van der Waals surface area (Å²) in [4.78, 5) is 23.1.